The Morgan fingerprint density at radius 1 is 1.00 bits per heavy atom. The lowest BCUT2D eigenvalue weighted by Crippen LogP contribution is -2.53. The molecule has 0 aromatic heterocycles. The van der Waals surface area contributed by atoms with Gasteiger partial charge in [-0.1, -0.05) is 38.3 Å². The fraction of sp³-hybridized carbons (Fsp3) is 0.483. The van der Waals surface area contributed by atoms with Gasteiger partial charge in [0.1, 0.15) is 29.2 Å². The third kappa shape index (κ3) is 10.4. The Kier molecular flexibility index (Phi) is 12.4. The average molecular weight is 560 g/mol. The molecule has 2 unspecified atom stereocenters. The Morgan fingerprint density at radius 2 is 1.64 bits per heavy atom. The van der Waals surface area contributed by atoms with Crippen LogP contribution in [-0.2, 0) is 14.3 Å². The molecule has 0 saturated heterocycles. The van der Waals surface area contributed by atoms with Crippen molar-refractivity contribution in [2.24, 2.45) is 0 Å². The van der Waals surface area contributed by atoms with Crippen LogP contribution in [0.2, 0.25) is 0 Å². The van der Waals surface area contributed by atoms with E-state index in [1.54, 1.807) is 64.3 Å². The van der Waals surface area contributed by atoms with Crippen molar-refractivity contribution in [3.63, 3.8) is 0 Å². The van der Waals surface area contributed by atoms with Gasteiger partial charge in [-0.25, -0.2) is 4.79 Å². The maximum atomic E-state index is 13.9. The van der Waals surface area contributed by atoms with Crippen molar-refractivity contribution in [3.8, 4) is 11.5 Å². The third-order valence-corrected chi connectivity index (χ3v) is 6.20. The van der Waals surface area contributed by atoms with Crippen molar-refractivity contribution in [2.75, 3.05) is 24.7 Å². The van der Waals surface area contributed by atoms with Crippen LogP contribution in [0.5, 0.6) is 11.5 Å². The predicted octanol–water partition coefficient (Wildman–Crippen LogP) is 5.31. The number of phenols is 1. The lowest BCUT2D eigenvalue weighted by molar-refractivity contribution is -0.140. The van der Waals surface area contributed by atoms with Gasteiger partial charge in [-0.15, -0.1) is 0 Å². The molecule has 0 spiro atoms. The van der Waals surface area contributed by atoms with E-state index in [0.29, 0.717) is 23.4 Å². The molecule has 0 aliphatic carbocycles. The second-order valence-electron chi connectivity index (χ2n) is 10.2. The monoisotopic (exact) mass is 559 g/mol. The van der Waals surface area contributed by atoms with Gasteiger partial charge in [0.05, 0.1) is 7.11 Å². The maximum Gasteiger partial charge on any atom is 0.408 e. The molecule has 39 heavy (non-hydrogen) atoms. The molecule has 214 valence electrons. The summed E-state index contributed by atoms with van der Waals surface area (Å²) in [6.45, 7) is 7.56. The molecular weight excluding hydrogens is 518 g/mol. The van der Waals surface area contributed by atoms with E-state index in [1.807, 2.05) is 0 Å². The Bertz CT molecular complexity index is 1070. The van der Waals surface area contributed by atoms with Gasteiger partial charge in [0.25, 0.3) is 5.91 Å². The number of phenolic OH excluding ortho intramolecular Hbond substituents is 1. The van der Waals surface area contributed by atoms with Crippen molar-refractivity contribution >= 4 is 36.2 Å². The predicted molar refractivity (Wildman–Crippen MR) is 155 cm³/mol. The molecule has 9 nitrogen and oxygen atoms in total. The van der Waals surface area contributed by atoms with E-state index in [2.05, 4.69) is 30.2 Å². The fourth-order valence-corrected chi connectivity index (χ4v) is 4.17. The van der Waals surface area contributed by atoms with Crippen LogP contribution in [0.3, 0.4) is 0 Å². The van der Waals surface area contributed by atoms with Gasteiger partial charge in [-0.05, 0) is 69.2 Å². The van der Waals surface area contributed by atoms with E-state index in [-0.39, 0.29) is 18.0 Å². The highest BCUT2D eigenvalue weighted by Gasteiger charge is 2.35. The van der Waals surface area contributed by atoms with Gasteiger partial charge in [-0.3, -0.25) is 9.59 Å². The maximum absolute atomic E-state index is 13.9. The molecule has 3 N–H and O–H groups in total. The molecule has 0 radical (unpaired) electrons. The average Bonchev–Trinajstić information content (AvgIpc) is 2.89. The molecule has 0 fully saturated rings. The largest absolute Gasteiger partial charge is 0.508 e. The Morgan fingerprint density at radius 3 is 2.18 bits per heavy atom. The number of nitrogens with one attached hydrogen (secondary N) is 2. The summed E-state index contributed by atoms with van der Waals surface area (Å²) in [5.74, 6) is -0.221. The van der Waals surface area contributed by atoms with E-state index in [4.69, 9.17) is 9.47 Å². The van der Waals surface area contributed by atoms with Crippen LogP contribution < -0.4 is 15.4 Å². The first kappa shape index (κ1) is 31.8. The van der Waals surface area contributed by atoms with Crippen molar-refractivity contribution in [1.29, 1.82) is 0 Å². The first-order valence-electron chi connectivity index (χ1n) is 13.1. The van der Waals surface area contributed by atoms with Gasteiger partial charge < -0.3 is 30.1 Å². The van der Waals surface area contributed by atoms with Crippen LogP contribution in [0.25, 0.3) is 0 Å². The first-order chi connectivity index (χ1) is 18.5. The molecular formula is C29H41N3O6S. The van der Waals surface area contributed by atoms with E-state index >= 15 is 0 Å². The van der Waals surface area contributed by atoms with Crippen LogP contribution in [0.1, 0.15) is 65.0 Å². The third-order valence-electron chi connectivity index (χ3n) is 5.83. The minimum absolute atomic E-state index is 0.00589. The van der Waals surface area contributed by atoms with E-state index in [9.17, 15) is 19.5 Å². The number of anilines is 1. The zero-order valence-corrected chi connectivity index (χ0v) is 24.3. The van der Waals surface area contributed by atoms with Crippen LogP contribution >= 0.6 is 12.6 Å². The summed E-state index contributed by atoms with van der Waals surface area (Å²) in [5.41, 5.74) is 0.291. The highest BCUT2D eigenvalue weighted by molar-refractivity contribution is 7.80. The van der Waals surface area contributed by atoms with E-state index < -0.39 is 35.6 Å². The molecule has 0 aliphatic rings. The van der Waals surface area contributed by atoms with Crippen molar-refractivity contribution < 1.29 is 29.0 Å². The summed E-state index contributed by atoms with van der Waals surface area (Å²) in [6.07, 6.45) is 2.77. The lowest BCUT2D eigenvalue weighted by Gasteiger charge is -2.34. The highest BCUT2D eigenvalue weighted by atomic mass is 32.1. The number of amides is 3. The van der Waals surface area contributed by atoms with Gasteiger partial charge in [0.15, 0.2) is 0 Å². The number of nitrogens with zero attached hydrogens (tertiary/aromatic N) is 1. The number of hydrogen-bond acceptors (Lipinski definition) is 7. The molecule has 2 rings (SSSR count). The van der Waals surface area contributed by atoms with Crippen molar-refractivity contribution in [1.82, 2.24) is 10.2 Å². The quantitative estimate of drug-likeness (QED) is 0.195. The minimum Gasteiger partial charge on any atom is -0.508 e. The summed E-state index contributed by atoms with van der Waals surface area (Å²) < 4.78 is 10.5. The highest BCUT2D eigenvalue weighted by Crippen LogP contribution is 2.27. The Balaban J connectivity index is 2.45. The molecule has 0 bridgehead atoms. The number of thiol groups is 1. The van der Waals surface area contributed by atoms with Crippen molar-refractivity contribution in [2.45, 2.75) is 71.1 Å². The lowest BCUT2D eigenvalue weighted by atomic mass is 10.0. The number of rotatable bonds is 13. The van der Waals surface area contributed by atoms with Gasteiger partial charge in [0, 0.05) is 18.0 Å². The minimum atomic E-state index is -1.04. The number of benzene rings is 2. The molecule has 2 atom stereocenters. The fourth-order valence-electron chi connectivity index (χ4n) is 3.93. The first-order valence-corrected chi connectivity index (χ1v) is 13.8. The van der Waals surface area contributed by atoms with Crippen LogP contribution in [0.4, 0.5) is 10.5 Å². The molecule has 10 heteroatoms. The van der Waals surface area contributed by atoms with E-state index in [1.165, 1.54) is 17.0 Å². The number of carbonyl (C=O) groups is 3. The van der Waals surface area contributed by atoms with Crippen LogP contribution in [0, 0.1) is 0 Å². The molecule has 2 aromatic carbocycles. The van der Waals surface area contributed by atoms with Crippen molar-refractivity contribution in [3.05, 3.63) is 54.1 Å². The number of methoxy groups -OCH3 is 1. The smallest absolute Gasteiger partial charge is 0.408 e. The second-order valence-corrected chi connectivity index (χ2v) is 10.6. The Labute approximate surface area is 236 Å². The van der Waals surface area contributed by atoms with Crippen LogP contribution in [-0.4, -0.2) is 59.0 Å². The number of alkyl carbamates (subject to hydrolysis) is 1. The number of ether oxygens (including phenoxy) is 2. The molecule has 0 heterocycles. The Hall–Kier alpha value is -3.40. The summed E-state index contributed by atoms with van der Waals surface area (Å²) in [4.78, 5) is 41.7. The molecule has 0 saturated carbocycles. The van der Waals surface area contributed by atoms with Gasteiger partial charge >= 0.3 is 6.09 Å². The normalized spacial score (nSPS) is 12.7. The summed E-state index contributed by atoms with van der Waals surface area (Å²) in [5, 5.41) is 15.4. The number of carbonyl (C=O) groups excluding carboxylic acids is 3. The molecule has 3 amide bonds. The summed E-state index contributed by atoms with van der Waals surface area (Å²) in [6, 6.07) is 11.0. The number of hydrogen-bond donors (Lipinski definition) is 4. The number of unbranched alkanes of at least 4 members (excludes halogenated alkanes) is 3. The molecule has 0 aliphatic heterocycles. The van der Waals surface area contributed by atoms with E-state index in [0.717, 1.165) is 19.3 Å². The summed E-state index contributed by atoms with van der Waals surface area (Å²) >= 11 is 4.32. The van der Waals surface area contributed by atoms with Gasteiger partial charge in [0.2, 0.25) is 5.91 Å². The topological polar surface area (TPSA) is 117 Å². The van der Waals surface area contributed by atoms with Crippen LogP contribution in [0.15, 0.2) is 48.5 Å². The number of aromatic hydroxyl groups is 1. The van der Waals surface area contributed by atoms with Gasteiger partial charge in [-0.2, -0.15) is 12.6 Å². The molecule has 2 aromatic rings. The standard InChI is InChI=1S/C29H41N3O6S/c1-6-7-8-9-18-32(27(35)24(19-39)31-28(36)38-29(2,3)4)25(20-10-14-22(33)15-11-20)26(34)30-21-12-16-23(37-5)17-13-21/h10-17,24-25,33,39H,6-9,18-19H2,1-5H3,(H,30,34)(H,31,36). The zero-order valence-electron chi connectivity index (χ0n) is 23.4. The summed E-state index contributed by atoms with van der Waals surface area (Å²) in [7, 11) is 1.56. The SMILES string of the molecule is CCCCCCN(C(=O)C(CS)NC(=O)OC(C)(C)C)C(C(=O)Nc1ccc(OC)cc1)c1ccc(O)cc1. The second kappa shape index (κ2) is 15.3. The zero-order chi connectivity index (χ0) is 29.0.